The van der Waals surface area contributed by atoms with E-state index in [1.54, 1.807) is 6.07 Å². The minimum Gasteiger partial charge on any atom is -0.492 e. The van der Waals surface area contributed by atoms with E-state index in [1.165, 1.54) is 0 Å². The van der Waals surface area contributed by atoms with Crippen molar-refractivity contribution < 1.29 is 23.9 Å². The summed E-state index contributed by atoms with van der Waals surface area (Å²) >= 11 is 0. The van der Waals surface area contributed by atoms with E-state index in [0.717, 1.165) is 48.3 Å². The summed E-state index contributed by atoms with van der Waals surface area (Å²) in [6, 6.07) is 3.65. The fraction of sp³-hybridized carbons (Fsp3) is 0.571. The Balaban J connectivity index is 1.49. The van der Waals surface area contributed by atoms with E-state index < -0.39 is 5.91 Å². The lowest BCUT2D eigenvalue weighted by Gasteiger charge is -2.19. The van der Waals surface area contributed by atoms with Gasteiger partial charge in [0, 0.05) is 18.1 Å². The Hall–Kier alpha value is -2.57. The highest BCUT2D eigenvalue weighted by Gasteiger charge is 2.48. The van der Waals surface area contributed by atoms with E-state index in [4.69, 9.17) is 9.47 Å². The second-order valence-electron chi connectivity index (χ2n) is 7.83. The number of nitrogens with one attached hydrogen (secondary N) is 1. The van der Waals surface area contributed by atoms with Gasteiger partial charge in [0.25, 0.3) is 0 Å². The number of fused-ring (bicyclic) bond motifs is 2. The molecule has 0 radical (unpaired) electrons. The Morgan fingerprint density at radius 2 is 1.89 bits per heavy atom. The molecule has 1 aromatic carbocycles. The third kappa shape index (κ3) is 3.34. The lowest BCUT2D eigenvalue weighted by atomic mass is 9.81. The number of imide groups is 1. The maximum atomic E-state index is 12.6. The van der Waals surface area contributed by atoms with Crippen LogP contribution in [0.1, 0.15) is 45.1 Å². The van der Waals surface area contributed by atoms with Gasteiger partial charge >= 0.3 is 0 Å². The van der Waals surface area contributed by atoms with Crippen LogP contribution < -0.4 is 14.8 Å². The highest BCUT2D eigenvalue weighted by molar-refractivity contribution is 6.08. The van der Waals surface area contributed by atoms with E-state index in [9.17, 15) is 14.4 Å². The van der Waals surface area contributed by atoms with E-state index in [2.05, 4.69) is 5.32 Å². The molecule has 2 fully saturated rings. The van der Waals surface area contributed by atoms with Crippen LogP contribution in [0.25, 0.3) is 0 Å². The fourth-order valence-electron chi connectivity index (χ4n) is 4.53. The van der Waals surface area contributed by atoms with Gasteiger partial charge in [-0.25, -0.2) is 0 Å². The summed E-state index contributed by atoms with van der Waals surface area (Å²) in [5.41, 5.74) is 1.54. The largest absolute Gasteiger partial charge is 0.492 e. The first-order valence-electron chi connectivity index (χ1n) is 10.1. The van der Waals surface area contributed by atoms with Crippen molar-refractivity contribution in [3.63, 3.8) is 0 Å². The van der Waals surface area contributed by atoms with Crippen LogP contribution in [0.2, 0.25) is 0 Å². The first-order chi connectivity index (χ1) is 13.5. The van der Waals surface area contributed by atoms with E-state index in [1.807, 2.05) is 19.9 Å². The molecule has 7 heteroatoms. The van der Waals surface area contributed by atoms with Crippen LogP contribution in [0.4, 0.5) is 5.69 Å². The summed E-state index contributed by atoms with van der Waals surface area (Å²) in [5, 5.41) is 2.80. The zero-order valence-electron chi connectivity index (χ0n) is 16.3. The van der Waals surface area contributed by atoms with Gasteiger partial charge in [-0.1, -0.05) is 12.8 Å². The number of hydrogen-bond acceptors (Lipinski definition) is 5. The molecule has 2 aliphatic heterocycles. The lowest BCUT2D eigenvalue weighted by molar-refractivity contribution is -0.142. The smallest absolute Gasteiger partial charge is 0.244 e. The standard InChI is InChI=1S/C21H26N2O5/c1-3-27-18-9-13-8-12(2)28-17(13)10-16(18)22-19(24)11-23-20(25)14-6-4-5-7-15(14)21(23)26/h9-10,12,14-15H,3-8,11H2,1-2H3,(H,22,24)/t12-,14-,15+/m1/s1. The number of amides is 3. The van der Waals surface area contributed by atoms with Gasteiger partial charge in [-0.2, -0.15) is 0 Å². The van der Waals surface area contributed by atoms with Crippen molar-refractivity contribution in [2.75, 3.05) is 18.5 Å². The third-order valence-corrected chi connectivity index (χ3v) is 5.81. The maximum absolute atomic E-state index is 12.6. The zero-order valence-corrected chi connectivity index (χ0v) is 16.3. The zero-order chi connectivity index (χ0) is 19.8. The molecule has 3 aliphatic rings. The Bertz CT molecular complexity index is 797. The van der Waals surface area contributed by atoms with Gasteiger partial charge in [0.2, 0.25) is 17.7 Å². The summed E-state index contributed by atoms with van der Waals surface area (Å²) in [5.74, 6) is -0.0224. The van der Waals surface area contributed by atoms with E-state index in [-0.39, 0.29) is 36.3 Å². The number of nitrogens with zero attached hydrogens (tertiary/aromatic N) is 1. The molecule has 150 valence electrons. The average molecular weight is 386 g/mol. The number of benzene rings is 1. The fourth-order valence-corrected chi connectivity index (χ4v) is 4.53. The number of anilines is 1. The third-order valence-electron chi connectivity index (χ3n) is 5.81. The topological polar surface area (TPSA) is 84.9 Å². The van der Waals surface area contributed by atoms with Crippen LogP contribution in [0.5, 0.6) is 11.5 Å². The monoisotopic (exact) mass is 386 g/mol. The minimum atomic E-state index is -0.410. The molecule has 0 bridgehead atoms. The highest BCUT2D eigenvalue weighted by Crippen LogP contribution is 2.39. The molecule has 1 saturated heterocycles. The molecular formula is C21H26N2O5. The number of ether oxygens (including phenoxy) is 2. The van der Waals surface area contributed by atoms with Crippen molar-refractivity contribution in [2.24, 2.45) is 11.8 Å². The second kappa shape index (κ2) is 7.45. The predicted molar refractivity (Wildman–Crippen MR) is 102 cm³/mol. The van der Waals surface area contributed by atoms with Crippen molar-refractivity contribution in [1.29, 1.82) is 0 Å². The molecular weight excluding hydrogens is 360 g/mol. The second-order valence-corrected chi connectivity index (χ2v) is 7.83. The van der Waals surface area contributed by atoms with Crippen LogP contribution in [-0.2, 0) is 20.8 Å². The number of rotatable bonds is 5. The Morgan fingerprint density at radius 1 is 1.21 bits per heavy atom. The quantitative estimate of drug-likeness (QED) is 0.786. The van der Waals surface area contributed by atoms with Crippen LogP contribution in [-0.4, -0.2) is 41.9 Å². The van der Waals surface area contributed by atoms with Crippen LogP contribution in [0.3, 0.4) is 0 Å². The highest BCUT2D eigenvalue weighted by atomic mass is 16.5. The van der Waals surface area contributed by atoms with Crippen LogP contribution >= 0.6 is 0 Å². The molecule has 1 aromatic rings. The van der Waals surface area contributed by atoms with Crippen LogP contribution in [0, 0.1) is 11.8 Å². The van der Waals surface area contributed by atoms with Gasteiger partial charge in [-0.05, 0) is 32.8 Å². The molecule has 0 spiro atoms. The van der Waals surface area contributed by atoms with Gasteiger partial charge in [-0.15, -0.1) is 0 Å². The van der Waals surface area contributed by atoms with Gasteiger partial charge in [0.15, 0.2) is 0 Å². The molecule has 2 heterocycles. The summed E-state index contributed by atoms with van der Waals surface area (Å²) in [7, 11) is 0. The Kier molecular flexibility index (Phi) is 5.00. The lowest BCUT2D eigenvalue weighted by Crippen LogP contribution is -2.38. The molecule has 4 rings (SSSR count). The summed E-state index contributed by atoms with van der Waals surface area (Å²) in [4.78, 5) is 38.9. The number of carbonyl (C=O) groups excluding carboxylic acids is 3. The van der Waals surface area contributed by atoms with Gasteiger partial charge < -0.3 is 14.8 Å². The van der Waals surface area contributed by atoms with Crippen molar-refractivity contribution in [1.82, 2.24) is 4.90 Å². The molecule has 3 amide bonds. The summed E-state index contributed by atoms with van der Waals surface area (Å²) < 4.78 is 11.4. The van der Waals surface area contributed by atoms with Gasteiger partial charge in [0.05, 0.1) is 24.1 Å². The average Bonchev–Trinajstić information content (AvgIpc) is 3.14. The van der Waals surface area contributed by atoms with Crippen LogP contribution in [0.15, 0.2) is 12.1 Å². The van der Waals surface area contributed by atoms with Crippen molar-refractivity contribution in [3.8, 4) is 11.5 Å². The normalized spacial score (nSPS) is 25.9. The van der Waals surface area contributed by atoms with Gasteiger partial charge in [0.1, 0.15) is 24.1 Å². The number of hydrogen-bond donors (Lipinski definition) is 1. The van der Waals surface area contributed by atoms with E-state index >= 15 is 0 Å². The summed E-state index contributed by atoms with van der Waals surface area (Å²) in [6.07, 6.45) is 4.28. The first kappa shape index (κ1) is 18.8. The molecule has 0 aromatic heterocycles. The Morgan fingerprint density at radius 3 is 2.54 bits per heavy atom. The summed E-state index contributed by atoms with van der Waals surface area (Å²) in [6.45, 7) is 4.07. The molecule has 1 N–H and O–H groups in total. The maximum Gasteiger partial charge on any atom is 0.244 e. The Labute approximate surface area is 164 Å². The SMILES string of the molecule is CCOc1cc2c(cc1NC(=O)CN1C(=O)[C@H]3CCCC[C@H]3C1=O)O[C@H](C)C2. The molecule has 0 unspecified atom stereocenters. The number of carbonyl (C=O) groups is 3. The molecule has 3 atom stereocenters. The predicted octanol–water partition coefficient (Wildman–Crippen LogP) is 2.52. The van der Waals surface area contributed by atoms with Crippen molar-refractivity contribution in [3.05, 3.63) is 17.7 Å². The van der Waals surface area contributed by atoms with E-state index in [0.29, 0.717) is 18.0 Å². The van der Waals surface area contributed by atoms with Crippen molar-refractivity contribution >= 4 is 23.4 Å². The number of likely N-dealkylation sites (tertiary alicyclic amines) is 1. The molecule has 7 nitrogen and oxygen atoms in total. The molecule has 1 saturated carbocycles. The molecule has 28 heavy (non-hydrogen) atoms. The minimum absolute atomic E-state index is 0.0821. The van der Waals surface area contributed by atoms with Crippen molar-refractivity contribution in [2.45, 2.75) is 52.1 Å². The molecule has 1 aliphatic carbocycles. The first-order valence-corrected chi connectivity index (χ1v) is 10.1. The van der Waals surface area contributed by atoms with Gasteiger partial charge in [-0.3, -0.25) is 19.3 Å².